The molecule has 2 amide bonds. The van der Waals surface area contributed by atoms with Gasteiger partial charge in [0.05, 0.1) is 54.0 Å². The van der Waals surface area contributed by atoms with Gasteiger partial charge in [0.15, 0.2) is 17.9 Å². The molecule has 5 unspecified atom stereocenters. The maximum Gasteiger partial charge on any atom is 0.243 e. The van der Waals surface area contributed by atoms with E-state index in [9.17, 15) is 49.5 Å². The van der Waals surface area contributed by atoms with Crippen molar-refractivity contribution in [3.8, 4) is 17.2 Å². The van der Waals surface area contributed by atoms with E-state index >= 15 is 0 Å². The Bertz CT molecular complexity index is 1760. The van der Waals surface area contributed by atoms with E-state index in [-0.39, 0.29) is 59.3 Å². The molecule has 16 heteroatoms. The molecule has 6 rings (SSSR count). The monoisotopic (exact) mass is 700 g/mol. The van der Waals surface area contributed by atoms with Gasteiger partial charge in [-0.15, -0.1) is 0 Å². The smallest absolute Gasteiger partial charge is 0.243 e. The number of rotatable bonds is 9. The zero-order valence-electron chi connectivity index (χ0n) is 26.8. The normalized spacial score (nSPS) is 29.5. The second kappa shape index (κ2) is 13.1. The molecule has 0 saturated carbocycles. The number of amides is 2. The number of fused-ring (bicyclic) bond motifs is 3. The minimum absolute atomic E-state index is 0.0587. The first-order valence-electron chi connectivity index (χ1n) is 15.6. The van der Waals surface area contributed by atoms with Gasteiger partial charge in [-0.3, -0.25) is 34.2 Å². The number of hydrogen-bond acceptors (Lipinski definition) is 15. The molecular weight excluding hydrogens is 664 g/mol. The third kappa shape index (κ3) is 5.70. The molecule has 4 aliphatic rings. The molecule has 262 valence electrons. The van der Waals surface area contributed by atoms with Crippen molar-refractivity contribution in [2.24, 2.45) is 0 Å². The van der Waals surface area contributed by atoms with Crippen LogP contribution in [0, 0.1) is 0 Å². The standard InChI is InChI=1S/C33H36N2O13S/c1-13-27(39)16(34-12-35-21(38)8-19(49-3)32(35)44)7-22(47-13)48-18-10-33(45,20(37)11-36)9-15-24(18)31(43)26-25(29(15)41)28(40)14-5-4-6-17(46-2)23(14)30(26)42/h4-6,13,16,18-19,22,27,34,36,39,41,43,45H,7-12H2,1-3H3/t13?,16?,18-,19?,22?,27?,33-/m0/s1. The third-order valence-corrected chi connectivity index (χ3v) is 10.7. The van der Waals surface area contributed by atoms with Crippen molar-refractivity contribution in [2.75, 3.05) is 26.6 Å². The van der Waals surface area contributed by atoms with E-state index in [4.69, 9.17) is 14.2 Å². The summed E-state index contributed by atoms with van der Waals surface area (Å²) in [5.41, 5.74) is -3.97. The zero-order chi connectivity index (χ0) is 35.5. The van der Waals surface area contributed by atoms with Gasteiger partial charge < -0.3 is 39.7 Å². The predicted molar refractivity (Wildman–Crippen MR) is 169 cm³/mol. The van der Waals surface area contributed by atoms with Gasteiger partial charge in [0.1, 0.15) is 29.5 Å². The lowest BCUT2D eigenvalue weighted by atomic mass is 9.72. The van der Waals surface area contributed by atoms with E-state index in [1.54, 1.807) is 13.2 Å². The van der Waals surface area contributed by atoms with E-state index in [1.165, 1.54) is 37.1 Å². The Morgan fingerprint density at radius 1 is 1.12 bits per heavy atom. The van der Waals surface area contributed by atoms with Gasteiger partial charge in [0, 0.05) is 48.4 Å². The highest BCUT2D eigenvalue weighted by molar-refractivity contribution is 8.00. The number of nitrogens with one attached hydrogen (secondary N) is 1. The Morgan fingerprint density at radius 3 is 2.49 bits per heavy atom. The van der Waals surface area contributed by atoms with Crippen molar-refractivity contribution in [2.45, 2.75) is 74.1 Å². The summed E-state index contributed by atoms with van der Waals surface area (Å²) in [5.74, 6) is -4.74. The molecule has 2 fully saturated rings. The zero-order valence-corrected chi connectivity index (χ0v) is 27.6. The lowest BCUT2D eigenvalue weighted by molar-refractivity contribution is -0.250. The summed E-state index contributed by atoms with van der Waals surface area (Å²) in [6.45, 7) is 0.302. The van der Waals surface area contributed by atoms with Crippen LogP contribution in [0.15, 0.2) is 18.2 Å². The van der Waals surface area contributed by atoms with Crippen LogP contribution >= 0.6 is 11.8 Å². The summed E-state index contributed by atoms with van der Waals surface area (Å²) >= 11 is 1.26. The van der Waals surface area contributed by atoms with Gasteiger partial charge in [0.25, 0.3) is 0 Å². The quantitative estimate of drug-likeness (QED) is 0.128. The average Bonchev–Trinajstić information content (AvgIpc) is 3.36. The summed E-state index contributed by atoms with van der Waals surface area (Å²) in [4.78, 5) is 66.5. The number of carbonyl (C=O) groups is 5. The van der Waals surface area contributed by atoms with Crippen LogP contribution in [0.25, 0.3) is 0 Å². The van der Waals surface area contributed by atoms with Crippen molar-refractivity contribution in [1.82, 2.24) is 10.2 Å². The summed E-state index contributed by atoms with van der Waals surface area (Å²) in [5, 5.41) is 57.8. The highest BCUT2D eigenvalue weighted by Gasteiger charge is 2.50. The number of aromatic hydroxyl groups is 2. The molecule has 2 aliphatic carbocycles. The Hall–Kier alpha value is -3.90. The van der Waals surface area contributed by atoms with Gasteiger partial charge >= 0.3 is 0 Å². The number of likely N-dealkylation sites (tertiary alicyclic amines) is 1. The minimum atomic E-state index is -2.32. The molecule has 0 radical (unpaired) electrons. The summed E-state index contributed by atoms with van der Waals surface area (Å²) in [6.07, 6.45) is -4.08. The highest BCUT2D eigenvalue weighted by Crippen LogP contribution is 2.52. The van der Waals surface area contributed by atoms with E-state index in [0.717, 1.165) is 4.90 Å². The first-order chi connectivity index (χ1) is 23.3. The Morgan fingerprint density at radius 2 is 1.84 bits per heavy atom. The molecule has 0 spiro atoms. The number of aliphatic hydroxyl groups excluding tert-OH is 2. The van der Waals surface area contributed by atoms with Gasteiger partial charge in [-0.2, -0.15) is 11.8 Å². The third-order valence-electron chi connectivity index (χ3n) is 9.76. The second-order valence-electron chi connectivity index (χ2n) is 12.6. The van der Waals surface area contributed by atoms with Crippen molar-refractivity contribution in [3.05, 3.63) is 51.6 Å². The number of hydrogen-bond donors (Lipinski definition) is 6. The molecular formula is C33H36N2O13S. The van der Waals surface area contributed by atoms with Crippen molar-refractivity contribution < 1.29 is 63.7 Å². The number of benzene rings is 2. The van der Waals surface area contributed by atoms with Crippen LogP contribution in [0.4, 0.5) is 0 Å². The molecule has 2 saturated heterocycles. The minimum Gasteiger partial charge on any atom is -0.507 e. The van der Waals surface area contributed by atoms with Crippen LogP contribution in [-0.2, 0) is 30.3 Å². The summed E-state index contributed by atoms with van der Waals surface area (Å²) in [7, 11) is 1.31. The van der Waals surface area contributed by atoms with Crippen LogP contribution < -0.4 is 10.1 Å². The maximum absolute atomic E-state index is 13.9. The molecule has 0 bridgehead atoms. The first kappa shape index (κ1) is 34.9. The van der Waals surface area contributed by atoms with Crippen LogP contribution in [0.3, 0.4) is 0 Å². The Balaban J connectivity index is 1.36. The number of methoxy groups -OCH3 is 1. The number of carbonyl (C=O) groups excluding carboxylic acids is 5. The Kier molecular flexibility index (Phi) is 9.34. The molecule has 49 heavy (non-hydrogen) atoms. The number of thioether (sulfide) groups is 1. The van der Waals surface area contributed by atoms with Crippen molar-refractivity contribution in [3.63, 3.8) is 0 Å². The number of imide groups is 1. The fourth-order valence-corrected chi connectivity index (χ4v) is 7.77. The number of Topliss-reactive ketones (excluding diaryl/α,β-unsaturated/α-hetero) is 1. The Labute approximate surface area is 284 Å². The van der Waals surface area contributed by atoms with Gasteiger partial charge in [-0.1, -0.05) is 12.1 Å². The van der Waals surface area contributed by atoms with E-state index in [1.807, 2.05) is 0 Å². The lowest BCUT2D eigenvalue weighted by Crippen LogP contribution is -2.56. The fourth-order valence-electron chi connectivity index (χ4n) is 7.13. The highest BCUT2D eigenvalue weighted by atomic mass is 32.2. The van der Waals surface area contributed by atoms with Gasteiger partial charge in [-0.05, 0) is 19.2 Å². The van der Waals surface area contributed by atoms with Crippen LogP contribution in [0.5, 0.6) is 17.2 Å². The number of ether oxygens (including phenoxy) is 3. The van der Waals surface area contributed by atoms with Crippen LogP contribution in [0.1, 0.15) is 75.3 Å². The van der Waals surface area contributed by atoms with Crippen LogP contribution in [-0.4, -0.2) is 122 Å². The number of ketones is 3. The topological polar surface area (TPSA) is 229 Å². The van der Waals surface area contributed by atoms with Crippen molar-refractivity contribution >= 4 is 40.9 Å². The maximum atomic E-state index is 13.9. The lowest BCUT2D eigenvalue weighted by Gasteiger charge is -2.43. The average molecular weight is 701 g/mol. The van der Waals surface area contributed by atoms with Gasteiger partial charge in [-0.25, -0.2) is 0 Å². The molecule has 15 nitrogen and oxygen atoms in total. The SMILES string of the molecule is COc1cccc2c1C(=O)c1c(O)c3c(c(O)c1C2=O)C[C@@](O)(C(=O)CO)C[C@@H]3OC1CC(NCN2C(=O)CC(SC)C2=O)C(O)C(C)O1. The molecule has 2 aromatic rings. The summed E-state index contributed by atoms with van der Waals surface area (Å²) in [6, 6.07) is 3.54. The molecule has 2 aliphatic heterocycles. The number of phenolic OH excluding ortho intramolecular Hbond substituents is 2. The number of aliphatic hydroxyl groups is 3. The molecule has 2 heterocycles. The molecule has 2 aromatic carbocycles. The molecule has 6 N–H and O–H groups in total. The number of nitrogens with zero attached hydrogens (tertiary/aromatic N) is 1. The number of phenols is 2. The molecule has 7 atom stereocenters. The van der Waals surface area contributed by atoms with Crippen molar-refractivity contribution in [1.29, 1.82) is 0 Å². The van der Waals surface area contributed by atoms with E-state index < -0.39 is 101 Å². The summed E-state index contributed by atoms with van der Waals surface area (Å²) < 4.78 is 17.4. The largest absolute Gasteiger partial charge is 0.507 e. The first-order valence-corrected chi connectivity index (χ1v) is 16.9. The van der Waals surface area contributed by atoms with E-state index in [2.05, 4.69) is 5.32 Å². The fraction of sp³-hybridized carbons (Fsp3) is 0.485. The van der Waals surface area contributed by atoms with Gasteiger partial charge in [0.2, 0.25) is 17.6 Å². The predicted octanol–water partition coefficient (Wildman–Crippen LogP) is 0.0802. The van der Waals surface area contributed by atoms with Crippen LogP contribution in [0.2, 0.25) is 0 Å². The van der Waals surface area contributed by atoms with E-state index in [0.29, 0.717) is 0 Å². The molecule has 0 aromatic heterocycles. The second-order valence-corrected chi connectivity index (χ2v) is 13.6.